The first kappa shape index (κ1) is 21.4. The molecule has 168 valence electrons. The molecule has 0 aliphatic carbocycles. The fourth-order valence-corrected chi connectivity index (χ4v) is 4.93. The number of morpholine rings is 1. The average Bonchev–Trinajstić information content (AvgIpc) is 3.33. The lowest BCUT2D eigenvalue weighted by Gasteiger charge is -2.27. The lowest BCUT2D eigenvalue weighted by Crippen LogP contribution is -2.38. The van der Waals surface area contributed by atoms with E-state index in [9.17, 15) is 18.8 Å². The van der Waals surface area contributed by atoms with Crippen LogP contribution in [-0.2, 0) is 19.1 Å². The molecule has 3 amide bonds. The Balaban J connectivity index is 1.40. The van der Waals surface area contributed by atoms with Gasteiger partial charge in [0, 0.05) is 24.3 Å². The molecule has 1 N–H and O–H groups in total. The van der Waals surface area contributed by atoms with Gasteiger partial charge in [-0.05, 0) is 42.1 Å². The topological polar surface area (TPSA) is 91.3 Å². The van der Waals surface area contributed by atoms with Crippen molar-refractivity contribution in [3.63, 3.8) is 0 Å². The number of hydrogen-bond donors (Lipinski definition) is 1. The van der Waals surface area contributed by atoms with Crippen molar-refractivity contribution in [2.75, 3.05) is 43.1 Å². The molecule has 3 heterocycles. The number of carbonyl (C=O) groups is 3. The second kappa shape index (κ2) is 8.80. The highest BCUT2D eigenvalue weighted by atomic mass is 32.2. The number of amides is 3. The summed E-state index contributed by atoms with van der Waals surface area (Å²) < 4.78 is 18.5. The van der Waals surface area contributed by atoms with E-state index >= 15 is 0 Å². The van der Waals surface area contributed by atoms with Gasteiger partial charge in [-0.1, -0.05) is 18.2 Å². The zero-order valence-corrected chi connectivity index (χ0v) is 18.2. The van der Waals surface area contributed by atoms with E-state index in [1.54, 1.807) is 24.3 Å². The maximum atomic E-state index is 13.4. The monoisotopic (exact) mass is 466 g/mol. The summed E-state index contributed by atoms with van der Waals surface area (Å²) in [7, 11) is 0. The lowest BCUT2D eigenvalue weighted by atomic mass is 10.1. The molecule has 3 aliphatic rings. The van der Waals surface area contributed by atoms with Crippen LogP contribution in [0.4, 0.5) is 15.8 Å². The van der Waals surface area contributed by atoms with Crippen molar-refractivity contribution in [2.45, 2.75) is 0 Å². The standard InChI is InChI=1S/C23H19FN4O4S/c24-14-5-7-15(8-6-14)25-18(29)13-28-17-4-2-1-3-16(17)19(22(28)31)20-21(30)26-23(33-20)27-9-11-32-12-10-27/h1-8H,9-13H2,(H,25,29). The second-order valence-electron chi connectivity index (χ2n) is 7.57. The first-order valence-corrected chi connectivity index (χ1v) is 11.2. The summed E-state index contributed by atoms with van der Waals surface area (Å²) in [5.41, 5.74) is 1.81. The Hall–Kier alpha value is -3.50. The Morgan fingerprint density at radius 2 is 1.82 bits per heavy atom. The molecule has 0 spiro atoms. The number of fused-ring (bicyclic) bond motifs is 1. The van der Waals surface area contributed by atoms with Crippen LogP contribution in [0.15, 0.2) is 58.4 Å². The zero-order chi connectivity index (χ0) is 22.9. The van der Waals surface area contributed by atoms with Crippen LogP contribution in [0.25, 0.3) is 5.57 Å². The van der Waals surface area contributed by atoms with E-state index in [0.29, 0.717) is 48.4 Å². The minimum Gasteiger partial charge on any atom is -0.378 e. The SMILES string of the molecule is O=C(CN1C(=O)C(=C2SC(N3CCOCC3)=NC2=O)c2ccccc21)Nc1ccc(F)cc1. The minimum atomic E-state index is -0.461. The molecule has 0 radical (unpaired) electrons. The number of halogens is 1. The summed E-state index contributed by atoms with van der Waals surface area (Å²) in [5.74, 6) is -1.74. The minimum absolute atomic E-state index is 0.250. The summed E-state index contributed by atoms with van der Waals surface area (Å²) in [6.45, 7) is 2.11. The van der Waals surface area contributed by atoms with Gasteiger partial charge < -0.3 is 15.0 Å². The van der Waals surface area contributed by atoms with Crippen LogP contribution in [0, 0.1) is 5.82 Å². The van der Waals surface area contributed by atoms with Crippen molar-refractivity contribution in [3.05, 3.63) is 64.8 Å². The maximum Gasteiger partial charge on any atom is 0.287 e. The van der Waals surface area contributed by atoms with Crippen LogP contribution in [0.1, 0.15) is 5.56 Å². The van der Waals surface area contributed by atoms with E-state index in [1.165, 1.54) is 40.9 Å². The van der Waals surface area contributed by atoms with Crippen LogP contribution in [-0.4, -0.2) is 60.6 Å². The first-order valence-electron chi connectivity index (χ1n) is 10.4. The molecule has 0 saturated carbocycles. The molecule has 1 saturated heterocycles. The molecule has 0 unspecified atom stereocenters. The smallest absolute Gasteiger partial charge is 0.287 e. The fourth-order valence-electron chi connectivity index (χ4n) is 3.88. The van der Waals surface area contributed by atoms with Crippen LogP contribution in [0.5, 0.6) is 0 Å². The third kappa shape index (κ3) is 4.14. The Bertz CT molecular complexity index is 1210. The molecule has 8 nitrogen and oxygen atoms in total. The Morgan fingerprint density at radius 1 is 1.09 bits per heavy atom. The number of anilines is 2. The lowest BCUT2D eigenvalue weighted by molar-refractivity contribution is -0.118. The van der Waals surface area contributed by atoms with Crippen LogP contribution < -0.4 is 10.2 Å². The number of nitrogens with zero attached hydrogens (tertiary/aromatic N) is 3. The summed E-state index contributed by atoms with van der Waals surface area (Å²) >= 11 is 1.18. The van der Waals surface area contributed by atoms with Crippen molar-refractivity contribution in [1.82, 2.24) is 4.90 Å². The molecule has 2 aromatic rings. The summed E-state index contributed by atoms with van der Waals surface area (Å²) in [6.07, 6.45) is 0. The molecule has 33 heavy (non-hydrogen) atoms. The fraction of sp³-hybridized carbons (Fsp3) is 0.217. The van der Waals surface area contributed by atoms with E-state index in [4.69, 9.17) is 4.74 Å². The van der Waals surface area contributed by atoms with Gasteiger partial charge >= 0.3 is 0 Å². The average molecular weight is 466 g/mol. The molecule has 5 rings (SSSR count). The van der Waals surface area contributed by atoms with E-state index in [2.05, 4.69) is 10.3 Å². The third-order valence-corrected chi connectivity index (χ3v) is 6.56. The first-order chi connectivity index (χ1) is 16.0. The molecule has 2 aromatic carbocycles. The second-order valence-corrected chi connectivity index (χ2v) is 8.55. The zero-order valence-electron chi connectivity index (χ0n) is 17.4. The van der Waals surface area contributed by atoms with Crippen LogP contribution in [0.3, 0.4) is 0 Å². The van der Waals surface area contributed by atoms with Crippen molar-refractivity contribution in [3.8, 4) is 0 Å². The number of benzene rings is 2. The number of ether oxygens (including phenoxy) is 1. The molecule has 0 bridgehead atoms. The van der Waals surface area contributed by atoms with Gasteiger partial charge in [-0.2, -0.15) is 4.99 Å². The maximum absolute atomic E-state index is 13.4. The van der Waals surface area contributed by atoms with Crippen molar-refractivity contribution in [2.24, 2.45) is 4.99 Å². The van der Waals surface area contributed by atoms with Gasteiger partial charge in [0.2, 0.25) is 5.91 Å². The number of aliphatic imine (C=N–C) groups is 1. The van der Waals surface area contributed by atoms with Crippen molar-refractivity contribution in [1.29, 1.82) is 0 Å². The predicted molar refractivity (Wildman–Crippen MR) is 123 cm³/mol. The van der Waals surface area contributed by atoms with Gasteiger partial charge in [0.25, 0.3) is 11.8 Å². The number of thioether (sulfide) groups is 1. The number of carbonyl (C=O) groups excluding carboxylic acids is 3. The Labute approximate surface area is 193 Å². The largest absolute Gasteiger partial charge is 0.378 e. The normalized spacial score (nSPS) is 20.2. The van der Waals surface area contributed by atoms with Crippen molar-refractivity contribution < 1.29 is 23.5 Å². The van der Waals surface area contributed by atoms with Gasteiger partial charge in [-0.25, -0.2) is 4.39 Å². The number of hydrogen-bond acceptors (Lipinski definition) is 6. The number of nitrogens with one attached hydrogen (secondary N) is 1. The molecule has 10 heteroatoms. The summed E-state index contributed by atoms with van der Waals surface area (Å²) in [4.78, 5) is 46.5. The van der Waals surface area contributed by atoms with Gasteiger partial charge in [-0.3, -0.25) is 19.3 Å². The molecule has 0 atom stereocenters. The van der Waals surface area contributed by atoms with E-state index in [1.807, 2.05) is 4.90 Å². The van der Waals surface area contributed by atoms with E-state index in [-0.39, 0.29) is 17.0 Å². The highest BCUT2D eigenvalue weighted by Gasteiger charge is 2.40. The van der Waals surface area contributed by atoms with Gasteiger partial charge in [0.05, 0.1) is 29.4 Å². The predicted octanol–water partition coefficient (Wildman–Crippen LogP) is 2.48. The number of amidine groups is 1. The number of para-hydroxylation sites is 1. The quantitative estimate of drug-likeness (QED) is 0.699. The van der Waals surface area contributed by atoms with Gasteiger partial charge in [0.1, 0.15) is 12.4 Å². The molecule has 1 fully saturated rings. The van der Waals surface area contributed by atoms with Gasteiger partial charge in [-0.15, -0.1) is 0 Å². The molecular formula is C23H19FN4O4S. The Morgan fingerprint density at radius 3 is 2.58 bits per heavy atom. The Kier molecular flexibility index (Phi) is 5.69. The molecule has 0 aromatic heterocycles. The van der Waals surface area contributed by atoms with Crippen molar-refractivity contribution >= 4 is 51.6 Å². The molecular weight excluding hydrogens is 447 g/mol. The van der Waals surface area contributed by atoms with Crippen LogP contribution >= 0.6 is 11.8 Å². The summed E-state index contributed by atoms with van der Waals surface area (Å²) in [6, 6.07) is 12.4. The highest BCUT2D eigenvalue weighted by Crippen LogP contribution is 2.43. The van der Waals surface area contributed by atoms with E-state index in [0.717, 1.165) is 0 Å². The highest BCUT2D eigenvalue weighted by molar-refractivity contribution is 8.18. The van der Waals surface area contributed by atoms with Crippen LogP contribution in [0.2, 0.25) is 0 Å². The molecule has 3 aliphatic heterocycles. The third-order valence-electron chi connectivity index (χ3n) is 5.45. The van der Waals surface area contributed by atoms with E-state index < -0.39 is 23.5 Å². The summed E-state index contributed by atoms with van der Waals surface area (Å²) in [5, 5.41) is 3.22. The van der Waals surface area contributed by atoms with Gasteiger partial charge in [0.15, 0.2) is 5.17 Å². The number of rotatable bonds is 3.